The van der Waals surface area contributed by atoms with Crippen molar-refractivity contribution in [2.75, 3.05) is 11.9 Å². The van der Waals surface area contributed by atoms with E-state index in [0.29, 0.717) is 5.75 Å². The molecule has 0 atom stereocenters. The van der Waals surface area contributed by atoms with Crippen LogP contribution in [0.1, 0.15) is 24.2 Å². The van der Waals surface area contributed by atoms with E-state index in [4.69, 9.17) is 21.1 Å². The molecule has 27 heavy (non-hydrogen) atoms. The molecule has 1 amide bonds. The van der Waals surface area contributed by atoms with Crippen molar-refractivity contribution in [3.05, 3.63) is 63.2 Å². The number of halogens is 1. The molecule has 0 fully saturated rings. The van der Waals surface area contributed by atoms with Gasteiger partial charge in [-0.1, -0.05) is 11.6 Å². The molecule has 0 unspecified atom stereocenters. The Morgan fingerprint density at radius 2 is 1.85 bits per heavy atom. The van der Waals surface area contributed by atoms with Gasteiger partial charge in [-0.2, -0.15) is 0 Å². The third-order valence-corrected chi connectivity index (χ3v) is 3.46. The van der Waals surface area contributed by atoms with Gasteiger partial charge in [-0.05, 0) is 50.2 Å². The van der Waals surface area contributed by atoms with Crippen molar-refractivity contribution < 1.29 is 24.0 Å². The number of esters is 1. The second-order valence-electron chi connectivity index (χ2n) is 5.73. The summed E-state index contributed by atoms with van der Waals surface area (Å²) < 4.78 is 10.4. The summed E-state index contributed by atoms with van der Waals surface area (Å²) in [6.07, 6.45) is 0.00189. The number of ether oxygens (including phenoxy) is 2. The number of benzene rings is 2. The number of hydrogen-bond donors (Lipinski definition) is 1. The van der Waals surface area contributed by atoms with Crippen LogP contribution in [0.5, 0.6) is 5.75 Å². The van der Waals surface area contributed by atoms with Crippen molar-refractivity contribution in [1.29, 1.82) is 0 Å². The van der Waals surface area contributed by atoms with Crippen LogP contribution in [0, 0.1) is 10.1 Å². The van der Waals surface area contributed by atoms with Crippen LogP contribution in [-0.2, 0) is 9.53 Å². The zero-order chi connectivity index (χ0) is 20.0. The van der Waals surface area contributed by atoms with Gasteiger partial charge in [-0.25, -0.2) is 4.79 Å². The Morgan fingerprint density at radius 1 is 1.19 bits per heavy atom. The molecule has 0 aliphatic carbocycles. The van der Waals surface area contributed by atoms with Gasteiger partial charge in [-0.15, -0.1) is 0 Å². The Bertz CT molecular complexity index is 851. The van der Waals surface area contributed by atoms with Gasteiger partial charge in [0.25, 0.3) is 11.6 Å². The number of nitrogens with zero attached hydrogens (tertiary/aromatic N) is 1. The highest BCUT2D eigenvalue weighted by Gasteiger charge is 2.17. The maximum absolute atomic E-state index is 12.0. The van der Waals surface area contributed by atoms with E-state index in [9.17, 15) is 19.7 Å². The van der Waals surface area contributed by atoms with Gasteiger partial charge in [0.2, 0.25) is 0 Å². The Balaban J connectivity index is 1.94. The molecule has 0 aliphatic rings. The Labute approximate surface area is 160 Å². The number of rotatable bonds is 7. The lowest BCUT2D eigenvalue weighted by molar-refractivity contribution is -0.383. The van der Waals surface area contributed by atoms with Crippen molar-refractivity contribution >= 4 is 34.9 Å². The van der Waals surface area contributed by atoms with Gasteiger partial charge < -0.3 is 14.8 Å². The second-order valence-corrected chi connectivity index (χ2v) is 6.17. The van der Waals surface area contributed by atoms with E-state index in [0.717, 1.165) is 0 Å². The van der Waals surface area contributed by atoms with Crippen molar-refractivity contribution in [1.82, 2.24) is 0 Å². The SMILES string of the molecule is CC(C)Oc1ccc(C(=O)OCC(=O)Nc2cc(Cl)ccc2[N+](=O)[O-])cc1. The van der Waals surface area contributed by atoms with Crippen LogP contribution in [0.2, 0.25) is 5.02 Å². The van der Waals surface area contributed by atoms with Gasteiger partial charge in [0, 0.05) is 11.1 Å². The first-order chi connectivity index (χ1) is 12.8. The Kier molecular flexibility index (Phi) is 6.73. The minimum absolute atomic E-state index is 0.00189. The van der Waals surface area contributed by atoms with Gasteiger partial charge in [0.1, 0.15) is 11.4 Å². The van der Waals surface area contributed by atoms with Crippen LogP contribution in [0.4, 0.5) is 11.4 Å². The van der Waals surface area contributed by atoms with E-state index in [2.05, 4.69) is 5.32 Å². The molecule has 0 aliphatic heterocycles. The summed E-state index contributed by atoms with van der Waals surface area (Å²) in [5, 5.41) is 13.5. The first-order valence-electron chi connectivity index (χ1n) is 7.94. The molecule has 2 aromatic rings. The van der Waals surface area contributed by atoms with E-state index in [-0.39, 0.29) is 28.1 Å². The maximum atomic E-state index is 12.0. The Hall–Kier alpha value is -3.13. The molecule has 0 radical (unpaired) electrons. The number of amides is 1. The van der Waals surface area contributed by atoms with E-state index >= 15 is 0 Å². The van der Waals surface area contributed by atoms with Crippen molar-refractivity contribution in [2.45, 2.75) is 20.0 Å². The number of nitrogens with one attached hydrogen (secondary N) is 1. The molecule has 0 saturated heterocycles. The molecule has 0 heterocycles. The summed E-state index contributed by atoms with van der Waals surface area (Å²) >= 11 is 5.79. The van der Waals surface area contributed by atoms with Crippen LogP contribution in [-0.4, -0.2) is 29.5 Å². The average Bonchev–Trinajstić information content (AvgIpc) is 2.59. The van der Waals surface area contributed by atoms with Crippen molar-refractivity contribution in [2.24, 2.45) is 0 Å². The predicted molar refractivity (Wildman–Crippen MR) is 99.2 cm³/mol. The largest absolute Gasteiger partial charge is 0.491 e. The fourth-order valence-electron chi connectivity index (χ4n) is 2.11. The number of carbonyl (C=O) groups is 2. The molecule has 8 nitrogen and oxygen atoms in total. The smallest absolute Gasteiger partial charge is 0.338 e. The first-order valence-corrected chi connectivity index (χ1v) is 8.31. The number of hydrogen-bond acceptors (Lipinski definition) is 6. The van der Waals surface area contributed by atoms with Crippen LogP contribution >= 0.6 is 11.6 Å². The molecule has 2 aromatic carbocycles. The summed E-state index contributed by atoms with van der Waals surface area (Å²) in [5.41, 5.74) is -0.156. The third kappa shape index (κ3) is 5.96. The lowest BCUT2D eigenvalue weighted by Gasteiger charge is -2.10. The van der Waals surface area contributed by atoms with Crippen LogP contribution < -0.4 is 10.1 Å². The number of nitro benzene ring substituents is 1. The van der Waals surface area contributed by atoms with Gasteiger partial charge in [-0.3, -0.25) is 14.9 Å². The standard InChI is InChI=1S/C18H17ClN2O6/c1-11(2)27-14-6-3-12(4-7-14)18(23)26-10-17(22)20-15-9-13(19)5-8-16(15)21(24)25/h3-9,11H,10H2,1-2H3,(H,20,22). The lowest BCUT2D eigenvalue weighted by atomic mass is 10.2. The van der Waals surface area contributed by atoms with Crippen molar-refractivity contribution in [3.63, 3.8) is 0 Å². The van der Waals surface area contributed by atoms with Gasteiger partial charge in [0.05, 0.1) is 16.6 Å². The second kappa shape index (κ2) is 9.00. The molecule has 0 bridgehead atoms. The topological polar surface area (TPSA) is 108 Å². The summed E-state index contributed by atoms with van der Waals surface area (Å²) in [6, 6.07) is 10.0. The highest BCUT2D eigenvalue weighted by Crippen LogP contribution is 2.27. The quantitative estimate of drug-likeness (QED) is 0.436. The number of nitro groups is 1. The summed E-state index contributed by atoms with van der Waals surface area (Å²) in [7, 11) is 0. The third-order valence-electron chi connectivity index (χ3n) is 3.23. The van der Waals surface area contributed by atoms with Crippen LogP contribution in [0.15, 0.2) is 42.5 Å². The minimum atomic E-state index is -0.728. The molecule has 0 saturated carbocycles. The van der Waals surface area contributed by atoms with Gasteiger partial charge in [0.15, 0.2) is 6.61 Å². The molecule has 142 valence electrons. The molecule has 1 N–H and O–H groups in total. The average molecular weight is 393 g/mol. The first kappa shape index (κ1) is 20.2. The Morgan fingerprint density at radius 3 is 2.44 bits per heavy atom. The van der Waals surface area contributed by atoms with Crippen LogP contribution in [0.25, 0.3) is 0 Å². The van der Waals surface area contributed by atoms with E-state index < -0.39 is 23.4 Å². The van der Waals surface area contributed by atoms with E-state index in [1.807, 2.05) is 13.8 Å². The fraction of sp³-hybridized carbons (Fsp3) is 0.222. The van der Waals surface area contributed by atoms with E-state index in [1.54, 1.807) is 12.1 Å². The van der Waals surface area contributed by atoms with Gasteiger partial charge >= 0.3 is 5.97 Å². The monoisotopic (exact) mass is 392 g/mol. The fourth-order valence-corrected chi connectivity index (χ4v) is 2.28. The molecule has 0 aromatic heterocycles. The summed E-state index contributed by atoms with van der Waals surface area (Å²) in [4.78, 5) is 34.2. The predicted octanol–water partition coefficient (Wildman–Crippen LogP) is 3.83. The van der Waals surface area contributed by atoms with Crippen molar-refractivity contribution in [3.8, 4) is 5.75 Å². The number of carbonyl (C=O) groups excluding carboxylic acids is 2. The molecule has 2 rings (SSSR count). The summed E-state index contributed by atoms with van der Waals surface area (Å²) in [5.74, 6) is -0.831. The molecule has 0 spiro atoms. The number of anilines is 1. The molecular weight excluding hydrogens is 376 g/mol. The highest BCUT2D eigenvalue weighted by molar-refractivity contribution is 6.31. The van der Waals surface area contributed by atoms with E-state index in [1.165, 1.54) is 30.3 Å². The zero-order valence-corrected chi connectivity index (χ0v) is 15.4. The molecular formula is C18H17ClN2O6. The lowest BCUT2D eigenvalue weighted by Crippen LogP contribution is -2.21. The highest BCUT2D eigenvalue weighted by atomic mass is 35.5. The summed E-state index contributed by atoms with van der Waals surface area (Å²) in [6.45, 7) is 3.16. The molecule has 9 heteroatoms. The zero-order valence-electron chi connectivity index (χ0n) is 14.6. The maximum Gasteiger partial charge on any atom is 0.338 e. The minimum Gasteiger partial charge on any atom is -0.491 e. The normalized spacial score (nSPS) is 10.4. The van der Waals surface area contributed by atoms with Crippen LogP contribution in [0.3, 0.4) is 0 Å².